The number of hydrogen-bond donors (Lipinski definition) is 1. The van der Waals surface area contributed by atoms with Gasteiger partial charge in [-0.05, 0) is 88.9 Å². The van der Waals surface area contributed by atoms with Gasteiger partial charge in [-0.15, -0.1) is 0 Å². The Morgan fingerprint density at radius 3 is 1.87 bits per heavy atom. The number of halogens is 1. The molecule has 3 saturated carbocycles. The van der Waals surface area contributed by atoms with Crippen LogP contribution in [0.15, 0.2) is 0 Å². The molecule has 0 spiro atoms. The van der Waals surface area contributed by atoms with Crippen LogP contribution in [-0.4, -0.2) is 22.0 Å². The van der Waals surface area contributed by atoms with Gasteiger partial charge in [-0.1, -0.05) is 22.6 Å². The van der Waals surface area contributed by atoms with Gasteiger partial charge in [-0.2, -0.15) is 0 Å². The van der Waals surface area contributed by atoms with Gasteiger partial charge in [-0.25, -0.2) is 0 Å². The second-order valence-corrected chi connectivity index (χ2v) is 9.86. The van der Waals surface area contributed by atoms with Gasteiger partial charge in [0.2, 0.25) is 0 Å². The predicted octanol–water partition coefficient (Wildman–Crippen LogP) is 4.60. The minimum Gasteiger partial charge on any atom is -0.462 e. The first kappa shape index (κ1) is 18.0. The second-order valence-electron chi connectivity index (χ2n) is 8.10. The van der Waals surface area contributed by atoms with E-state index in [1.807, 2.05) is 0 Å². The predicted molar refractivity (Wildman–Crippen MR) is 102 cm³/mol. The van der Waals surface area contributed by atoms with Crippen molar-refractivity contribution < 1.29 is 9.53 Å². The van der Waals surface area contributed by atoms with Crippen LogP contribution in [0.3, 0.4) is 0 Å². The summed E-state index contributed by atoms with van der Waals surface area (Å²) in [4.78, 5) is 12.4. The molecule has 0 amide bonds. The molecule has 3 fully saturated rings. The average Bonchev–Trinajstić information content (AvgIpc) is 2.58. The Labute approximate surface area is 154 Å². The number of carbonyl (C=O) groups is 1. The third-order valence-corrected chi connectivity index (χ3v) is 7.72. The molecule has 0 aromatic heterocycles. The largest absolute Gasteiger partial charge is 0.462 e. The third kappa shape index (κ3) is 5.07. The first-order valence-corrected chi connectivity index (χ1v) is 11.0. The lowest BCUT2D eigenvalue weighted by molar-refractivity contribution is -0.157. The topological polar surface area (TPSA) is 52.3 Å². The summed E-state index contributed by atoms with van der Waals surface area (Å²) in [6.07, 6.45) is 14.3. The van der Waals surface area contributed by atoms with E-state index in [1.165, 1.54) is 38.5 Å². The van der Waals surface area contributed by atoms with Crippen molar-refractivity contribution in [1.29, 1.82) is 0 Å². The quantitative estimate of drug-likeness (QED) is 0.402. The first-order chi connectivity index (χ1) is 11.1. The van der Waals surface area contributed by atoms with E-state index in [2.05, 4.69) is 22.6 Å². The molecule has 23 heavy (non-hydrogen) atoms. The van der Waals surface area contributed by atoms with E-state index in [0.29, 0.717) is 6.04 Å². The zero-order valence-corrected chi connectivity index (χ0v) is 16.4. The minimum atomic E-state index is 0.0832. The number of rotatable bonds is 3. The molecule has 0 aliphatic heterocycles. The van der Waals surface area contributed by atoms with Crippen LogP contribution in [0.2, 0.25) is 0 Å². The van der Waals surface area contributed by atoms with Crippen LogP contribution in [0, 0.1) is 17.8 Å². The number of esters is 1. The second kappa shape index (κ2) is 8.50. The highest BCUT2D eigenvalue weighted by atomic mass is 127. The Hall–Kier alpha value is 0.160. The maximum absolute atomic E-state index is 12.4. The van der Waals surface area contributed by atoms with Gasteiger partial charge in [-0.3, -0.25) is 4.79 Å². The van der Waals surface area contributed by atoms with Crippen molar-refractivity contribution in [2.45, 2.75) is 93.1 Å². The Bertz CT molecular complexity index is 379. The van der Waals surface area contributed by atoms with Crippen LogP contribution in [-0.2, 0) is 9.53 Å². The van der Waals surface area contributed by atoms with Crippen molar-refractivity contribution in [3.8, 4) is 0 Å². The SMILES string of the molecule is NC1CCC(OC(=O)C2CCC(C3CCC(I)CC3)CC2)CC1. The molecule has 4 heteroatoms. The number of ether oxygens (including phenoxy) is 1. The number of nitrogens with two attached hydrogens (primary N) is 1. The maximum Gasteiger partial charge on any atom is 0.309 e. The third-order valence-electron chi connectivity index (χ3n) is 6.47. The fourth-order valence-electron chi connectivity index (χ4n) is 4.84. The summed E-state index contributed by atoms with van der Waals surface area (Å²) in [6.45, 7) is 0. The van der Waals surface area contributed by atoms with E-state index in [4.69, 9.17) is 10.5 Å². The van der Waals surface area contributed by atoms with Crippen molar-refractivity contribution in [3.05, 3.63) is 0 Å². The van der Waals surface area contributed by atoms with Crippen molar-refractivity contribution in [3.63, 3.8) is 0 Å². The molecule has 0 aromatic carbocycles. The summed E-state index contributed by atoms with van der Waals surface area (Å²) in [5, 5.41) is 0. The summed E-state index contributed by atoms with van der Waals surface area (Å²) in [7, 11) is 0. The molecule has 3 nitrogen and oxygen atoms in total. The molecular weight excluding hydrogens is 401 g/mol. The standard InChI is InChI=1S/C19H32INO2/c20-16-7-5-14(6-8-16)13-1-3-15(4-2-13)19(22)23-18-11-9-17(21)10-12-18/h13-18H,1-12,21H2. The summed E-state index contributed by atoms with van der Waals surface area (Å²) in [5.74, 6) is 2.05. The van der Waals surface area contributed by atoms with Gasteiger partial charge < -0.3 is 10.5 Å². The van der Waals surface area contributed by atoms with E-state index in [-0.39, 0.29) is 18.0 Å². The molecule has 0 atom stereocenters. The Balaban J connectivity index is 1.39. The Kier molecular flexibility index (Phi) is 6.64. The van der Waals surface area contributed by atoms with Crippen LogP contribution in [0.25, 0.3) is 0 Å². The molecule has 2 N–H and O–H groups in total. The lowest BCUT2D eigenvalue weighted by Gasteiger charge is -2.36. The van der Waals surface area contributed by atoms with Gasteiger partial charge in [0.05, 0.1) is 5.92 Å². The van der Waals surface area contributed by atoms with Gasteiger partial charge in [0, 0.05) is 9.97 Å². The van der Waals surface area contributed by atoms with Gasteiger partial charge in [0.15, 0.2) is 0 Å². The molecule has 0 saturated heterocycles. The van der Waals surface area contributed by atoms with E-state index < -0.39 is 0 Å². The van der Waals surface area contributed by atoms with Gasteiger partial charge >= 0.3 is 5.97 Å². The fourth-order valence-corrected chi connectivity index (χ4v) is 5.56. The summed E-state index contributed by atoms with van der Waals surface area (Å²) in [5.41, 5.74) is 5.92. The van der Waals surface area contributed by atoms with E-state index in [1.54, 1.807) is 0 Å². The molecule has 0 unspecified atom stereocenters. The molecule has 0 aromatic rings. The lowest BCUT2D eigenvalue weighted by Crippen LogP contribution is -2.34. The Morgan fingerprint density at radius 2 is 1.30 bits per heavy atom. The van der Waals surface area contributed by atoms with Crippen LogP contribution in [0.1, 0.15) is 77.0 Å². The number of alkyl halides is 1. The molecule has 132 valence electrons. The molecular formula is C19H32INO2. The molecule has 0 heterocycles. The van der Waals surface area contributed by atoms with E-state index in [9.17, 15) is 4.79 Å². The first-order valence-electron chi connectivity index (χ1n) is 9.72. The molecule has 0 radical (unpaired) electrons. The molecule has 0 bridgehead atoms. The van der Waals surface area contributed by atoms with E-state index in [0.717, 1.165) is 54.3 Å². The molecule has 3 rings (SSSR count). The maximum atomic E-state index is 12.4. The van der Waals surface area contributed by atoms with Crippen LogP contribution < -0.4 is 5.73 Å². The Morgan fingerprint density at radius 1 is 0.783 bits per heavy atom. The highest BCUT2D eigenvalue weighted by Crippen LogP contribution is 2.41. The van der Waals surface area contributed by atoms with Gasteiger partial charge in [0.25, 0.3) is 0 Å². The van der Waals surface area contributed by atoms with Crippen LogP contribution >= 0.6 is 22.6 Å². The van der Waals surface area contributed by atoms with Crippen LogP contribution in [0.4, 0.5) is 0 Å². The monoisotopic (exact) mass is 433 g/mol. The zero-order valence-electron chi connectivity index (χ0n) is 14.2. The minimum absolute atomic E-state index is 0.0832. The highest BCUT2D eigenvalue weighted by Gasteiger charge is 2.34. The smallest absolute Gasteiger partial charge is 0.309 e. The van der Waals surface area contributed by atoms with Crippen molar-refractivity contribution >= 4 is 28.6 Å². The lowest BCUT2D eigenvalue weighted by atomic mass is 9.71. The summed E-state index contributed by atoms with van der Waals surface area (Å²) in [6, 6.07) is 0.318. The highest BCUT2D eigenvalue weighted by molar-refractivity contribution is 14.1. The van der Waals surface area contributed by atoms with Crippen molar-refractivity contribution in [2.75, 3.05) is 0 Å². The number of carbonyl (C=O) groups excluding carboxylic acids is 1. The average molecular weight is 433 g/mol. The molecule has 3 aliphatic rings. The summed E-state index contributed by atoms with van der Waals surface area (Å²) >= 11 is 2.61. The normalized spacial score (nSPS) is 42.2. The van der Waals surface area contributed by atoms with Crippen LogP contribution in [0.5, 0.6) is 0 Å². The number of hydrogen-bond acceptors (Lipinski definition) is 3. The molecule has 3 aliphatic carbocycles. The fraction of sp³-hybridized carbons (Fsp3) is 0.947. The van der Waals surface area contributed by atoms with Crippen molar-refractivity contribution in [1.82, 2.24) is 0 Å². The van der Waals surface area contributed by atoms with E-state index >= 15 is 0 Å². The van der Waals surface area contributed by atoms with Gasteiger partial charge in [0.1, 0.15) is 6.10 Å². The summed E-state index contributed by atoms with van der Waals surface area (Å²) < 4.78 is 6.68. The van der Waals surface area contributed by atoms with Crippen molar-refractivity contribution in [2.24, 2.45) is 23.5 Å². The zero-order chi connectivity index (χ0) is 16.2.